The lowest BCUT2D eigenvalue weighted by molar-refractivity contribution is -0.121. The number of nitrogens with zero attached hydrogens (tertiary/aromatic N) is 2. The number of carbonyl (C=O) groups excluding carboxylic acids is 2. The first-order chi connectivity index (χ1) is 16.1. The van der Waals surface area contributed by atoms with Gasteiger partial charge < -0.3 is 9.64 Å². The van der Waals surface area contributed by atoms with E-state index in [-0.39, 0.29) is 18.4 Å². The molecule has 0 aliphatic carbocycles. The smallest absolute Gasteiger partial charge is 0.265 e. The summed E-state index contributed by atoms with van der Waals surface area (Å²) >= 11 is 1.36. The number of ether oxygens (including phenoxy) is 1. The van der Waals surface area contributed by atoms with Gasteiger partial charge in [-0.05, 0) is 42.3 Å². The van der Waals surface area contributed by atoms with Crippen molar-refractivity contribution < 1.29 is 14.3 Å². The Bertz CT molecular complexity index is 1330. The van der Waals surface area contributed by atoms with Crippen molar-refractivity contribution >= 4 is 34.0 Å². The molecule has 5 rings (SSSR count). The Kier molecular flexibility index (Phi) is 5.62. The maximum atomic E-state index is 12.6. The highest BCUT2D eigenvalue weighted by molar-refractivity contribution is 7.14. The molecular weight excluding hydrogens is 434 g/mol. The van der Waals surface area contributed by atoms with Crippen molar-refractivity contribution in [1.82, 2.24) is 4.98 Å². The highest BCUT2D eigenvalue weighted by atomic mass is 32.1. The molecule has 3 aromatic carbocycles. The van der Waals surface area contributed by atoms with E-state index in [0.717, 1.165) is 22.4 Å². The van der Waals surface area contributed by atoms with Crippen LogP contribution in [0.1, 0.15) is 21.5 Å². The fraction of sp³-hybridized carbons (Fsp3) is 0.115. The van der Waals surface area contributed by atoms with Crippen LogP contribution in [0.4, 0.5) is 10.8 Å². The van der Waals surface area contributed by atoms with E-state index in [1.54, 1.807) is 11.0 Å². The SMILES string of the molecule is Cc1ccccc1C(=O)Nc1nc(-c2ccc3c(c2)N(Cc2ccccc2)C(=O)CO3)cs1. The second-order valence-corrected chi connectivity index (χ2v) is 8.60. The number of fused-ring (bicyclic) bond motifs is 1. The van der Waals surface area contributed by atoms with Crippen LogP contribution in [0.3, 0.4) is 0 Å². The van der Waals surface area contributed by atoms with Crippen molar-refractivity contribution in [2.24, 2.45) is 0 Å². The Labute approximate surface area is 195 Å². The van der Waals surface area contributed by atoms with E-state index in [1.165, 1.54) is 11.3 Å². The number of benzene rings is 3. The van der Waals surface area contributed by atoms with Gasteiger partial charge in [0.1, 0.15) is 5.75 Å². The molecule has 0 saturated carbocycles. The quantitative estimate of drug-likeness (QED) is 0.444. The van der Waals surface area contributed by atoms with E-state index in [0.29, 0.717) is 28.7 Å². The van der Waals surface area contributed by atoms with Gasteiger partial charge in [0.05, 0.1) is 17.9 Å². The number of hydrogen-bond acceptors (Lipinski definition) is 5. The molecule has 33 heavy (non-hydrogen) atoms. The molecule has 1 aliphatic heterocycles. The molecule has 0 fully saturated rings. The second kappa shape index (κ2) is 8.88. The number of aryl methyl sites for hydroxylation is 1. The Morgan fingerprint density at radius 2 is 1.88 bits per heavy atom. The summed E-state index contributed by atoms with van der Waals surface area (Å²) < 4.78 is 5.65. The van der Waals surface area contributed by atoms with Crippen LogP contribution in [0, 0.1) is 6.92 Å². The van der Waals surface area contributed by atoms with Gasteiger partial charge in [0.15, 0.2) is 11.7 Å². The molecule has 164 valence electrons. The largest absolute Gasteiger partial charge is 0.482 e. The summed E-state index contributed by atoms with van der Waals surface area (Å²) in [6.45, 7) is 2.39. The van der Waals surface area contributed by atoms with Gasteiger partial charge >= 0.3 is 0 Å². The van der Waals surface area contributed by atoms with Gasteiger partial charge in [0, 0.05) is 16.5 Å². The van der Waals surface area contributed by atoms with Gasteiger partial charge in [-0.25, -0.2) is 4.98 Å². The van der Waals surface area contributed by atoms with E-state index in [9.17, 15) is 9.59 Å². The molecule has 7 heteroatoms. The van der Waals surface area contributed by atoms with Gasteiger partial charge in [-0.1, -0.05) is 48.5 Å². The first kappa shape index (κ1) is 20.9. The van der Waals surface area contributed by atoms with Crippen molar-refractivity contribution in [3.63, 3.8) is 0 Å². The third-order valence-corrected chi connectivity index (χ3v) is 6.25. The summed E-state index contributed by atoms with van der Waals surface area (Å²) in [5, 5.41) is 5.29. The van der Waals surface area contributed by atoms with Crippen LogP contribution < -0.4 is 15.0 Å². The van der Waals surface area contributed by atoms with Crippen LogP contribution in [0.2, 0.25) is 0 Å². The highest BCUT2D eigenvalue weighted by Gasteiger charge is 2.26. The Balaban J connectivity index is 1.40. The summed E-state index contributed by atoms with van der Waals surface area (Å²) in [4.78, 5) is 31.6. The zero-order valence-electron chi connectivity index (χ0n) is 17.9. The van der Waals surface area contributed by atoms with Crippen LogP contribution >= 0.6 is 11.3 Å². The third kappa shape index (κ3) is 4.36. The van der Waals surface area contributed by atoms with Gasteiger partial charge in [-0.15, -0.1) is 11.3 Å². The van der Waals surface area contributed by atoms with E-state index >= 15 is 0 Å². The summed E-state index contributed by atoms with van der Waals surface area (Å²) in [6, 6.07) is 23.0. The highest BCUT2D eigenvalue weighted by Crippen LogP contribution is 2.37. The molecule has 0 bridgehead atoms. The summed E-state index contributed by atoms with van der Waals surface area (Å²) in [5.41, 5.74) is 4.85. The van der Waals surface area contributed by atoms with E-state index < -0.39 is 0 Å². The number of aromatic nitrogens is 1. The molecule has 0 atom stereocenters. The molecule has 4 aromatic rings. The lowest BCUT2D eigenvalue weighted by Gasteiger charge is -2.29. The van der Waals surface area contributed by atoms with E-state index in [4.69, 9.17) is 4.74 Å². The maximum Gasteiger partial charge on any atom is 0.265 e. The van der Waals surface area contributed by atoms with E-state index in [2.05, 4.69) is 10.3 Å². The number of anilines is 2. The number of thiazole rings is 1. The monoisotopic (exact) mass is 455 g/mol. The van der Waals surface area contributed by atoms with E-state index in [1.807, 2.05) is 79.0 Å². The van der Waals surface area contributed by atoms with Gasteiger partial charge in [-0.3, -0.25) is 14.9 Å². The molecule has 1 aliphatic rings. The molecule has 6 nitrogen and oxygen atoms in total. The zero-order valence-corrected chi connectivity index (χ0v) is 18.8. The predicted octanol–water partition coefficient (Wildman–Crippen LogP) is 5.30. The minimum atomic E-state index is -0.188. The van der Waals surface area contributed by atoms with Crippen LogP contribution in [-0.4, -0.2) is 23.4 Å². The molecule has 0 radical (unpaired) electrons. The zero-order chi connectivity index (χ0) is 22.8. The maximum absolute atomic E-state index is 12.6. The standard InChI is InChI=1S/C26H21N3O3S/c1-17-7-5-6-10-20(17)25(31)28-26-27-21(16-33-26)19-11-12-23-22(13-19)29(24(30)15-32-23)14-18-8-3-2-4-9-18/h2-13,16H,14-15H2,1H3,(H,27,28,31). The lowest BCUT2D eigenvalue weighted by atomic mass is 10.1. The molecule has 0 spiro atoms. The first-order valence-electron chi connectivity index (χ1n) is 10.5. The van der Waals surface area contributed by atoms with Crippen LogP contribution in [0.25, 0.3) is 11.3 Å². The molecule has 1 N–H and O–H groups in total. The third-order valence-electron chi connectivity index (χ3n) is 5.50. The minimum Gasteiger partial charge on any atom is -0.482 e. The molecule has 0 unspecified atom stereocenters. The molecule has 0 saturated heterocycles. The average Bonchev–Trinajstić information content (AvgIpc) is 3.30. The van der Waals surface area contributed by atoms with Crippen LogP contribution in [0.15, 0.2) is 78.2 Å². The first-order valence-corrected chi connectivity index (χ1v) is 11.4. The summed E-state index contributed by atoms with van der Waals surface area (Å²) in [5.74, 6) is 0.387. The van der Waals surface area contributed by atoms with Gasteiger partial charge in [0.25, 0.3) is 11.8 Å². The van der Waals surface area contributed by atoms with Crippen molar-refractivity contribution in [2.45, 2.75) is 13.5 Å². The Morgan fingerprint density at radius 1 is 1.09 bits per heavy atom. The Hall–Kier alpha value is -3.97. The number of carbonyl (C=O) groups is 2. The van der Waals surface area contributed by atoms with Crippen LogP contribution in [-0.2, 0) is 11.3 Å². The van der Waals surface area contributed by atoms with Crippen molar-refractivity contribution in [3.05, 3.63) is 94.9 Å². The summed E-state index contributed by atoms with van der Waals surface area (Å²) in [6.07, 6.45) is 0. The fourth-order valence-electron chi connectivity index (χ4n) is 3.76. The van der Waals surface area contributed by atoms with Crippen molar-refractivity contribution in [3.8, 4) is 17.0 Å². The van der Waals surface area contributed by atoms with Crippen molar-refractivity contribution in [1.29, 1.82) is 0 Å². The molecular formula is C26H21N3O3S. The molecule has 2 heterocycles. The number of nitrogens with one attached hydrogen (secondary N) is 1. The molecule has 2 amide bonds. The average molecular weight is 456 g/mol. The van der Waals surface area contributed by atoms with Crippen molar-refractivity contribution in [2.75, 3.05) is 16.8 Å². The number of hydrogen-bond donors (Lipinski definition) is 1. The fourth-order valence-corrected chi connectivity index (χ4v) is 4.47. The van der Waals surface area contributed by atoms with Gasteiger partial charge in [0.2, 0.25) is 0 Å². The normalized spacial score (nSPS) is 12.8. The Morgan fingerprint density at radius 3 is 2.70 bits per heavy atom. The second-order valence-electron chi connectivity index (χ2n) is 7.74. The topological polar surface area (TPSA) is 71.5 Å². The minimum absolute atomic E-state index is 0.0188. The lowest BCUT2D eigenvalue weighted by Crippen LogP contribution is -2.38. The molecule has 1 aromatic heterocycles. The number of rotatable bonds is 5. The summed E-state index contributed by atoms with van der Waals surface area (Å²) in [7, 11) is 0. The number of amides is 2. The predicted molar refractivity (Wildman–Crippen MR) is 130 cm³/mol. The van der Waals surface area contributed by atoms with Gasteiger partial charge in [-0.2, -0.15) is 0 Å². The van der Waals surface area contributed by atoms with Crippen LogP contribution in [0.5, 0.6) is 5.75 Å².